The normalized spacial score (nSPS) is 10.5. The van der Waals surface area contributed by atoms with E-state index in [1.54, 1.807) is 6.07 Å². The lowest BCUT2D eigenvalue weighted by molar-refractivity contribution is 0.332. The summed E-state index contributed by atoms with van der Waals surface area (Å²) in [4.78, 5) is 0. The van der Waals surface area contributed by atoms with Crippen LogP contribution in [0.15, 0.2) is 30.3 Å². The molecule has 0 spiro atoms. The fraction of sp³-hybridized carbons (Fsp3) is 0.250. The minimum absolute atomic E-state index is 0.517. The van der Waals surface area contributed by atoms with Crippen molar-refractivity contribution in [3.05, 3.63) is 56.5 Å². The molecule has 2 aromatic carbocycles. The maximum absolute atomic E-state index is 6.13. The van der Waals surface area contributed by atoms with Crippen LogP contribution in [0.1, 0.15) is 11.1 Å². The molecule has 0 aliphatic carbocycles. The maximum Gasteiger partial charge on any atom is 0.120 e. The summed E-state index contributed by atoms with van der Waals surface area (Å²) in [6.07, 6.45) is 0. The van der Waals surface area contributed by atoms with Crippen LogP contribution in [-0.2, 0) is 0 Å². The van der Waals surface area contributed by atoms with Gasteiger partial charge in [-0.05, 0) is 49.2 Å². The highest BCUT2D eigenvalue weighted by molar-refractivity contribution is 6.43. The van der Waals surface area contributed by atoms with E-state index in [9.17, 15) is 0 Å². The van der Waals surface area contributed by atoms with E-state index in [-0.39, 0.29) is 0 Å². The van der Waals surface area contributed by atoms with Crippen molar-refractivity contribution in [2.24, 2.45) is 0 Å². The number of ether oxygens (including phenoxy) is 1. The standard InChI is InChI=1S/C16H16Cl3NO/c1-10-8-12(9-11(2)15(10)18)21-7-6-20-14-5-3-4-13(17)16(14)19/h3-5,8-9,20H,6-7H2,1-2H3. The number of halogens is 3. The average Bonchev–Trinajstić information content (AvgIpc) is 2.45. The van der Waals surface area contributed by atoms with Crippen LogP contribution < -0.4 is 10.1 Å². The zero-order valence-electron chi connectivity index (χ0n) is 11.8. The summed E-state index contributed by atoms with van der Waals surface area (Å²) in [5.74, 6) is 0.813. The third kappa shape index (κ3) is 4.19. The molecule has 112 valence electrons. The minimum Gasteiger partial charge on any atom is -0.492 e. The van der Waals surface area contributed by atoms with Gasteiger partial charge in [0, 0.05) is 11.6 Å². The molecular formula is C16H16Cl3NO. The van der Waals surface area contributed by atoms with Gasteiger partial charge in [0.15, 0.2) is 0 Å². The Kier molecular flexibility index (Phi) is 5.63. The topological polar surface area (TPSA) is 21.3 Å². The first-order valence-electron chi connectivity index (χ1n) is 6.56. The molecule has 2 rings (SSSR count). The van der Waals surface area contributed by atoms with Crippen LogP contribution in [0.3, 0.4) is 0 Å². The molecule has 21 heavy (non-hydrogen) atoms. The van der Waals surface area contributed by atoms with Crippen molar-refractivity contribution in [2.75, 3.05) is 18.5 Å². The van der Waals surface area contributed by atoms with Crippen molar-refractivity contribution < 1.29 is 4.74 Å². The highest BCUT2D eigenvalue weighted by Crippen LogP contribution is 2.29. The average molecular weight is 345 g/mol. The molecule has 5 heteroatoms. The molecule has 0 saturated heterocycles. The van der Waals surface area contributed by atoms with E-state index < -0.39 is 0 Å². The van der Waals surface area contributed by atoms with Crippen molar-refractivity contribution in [3.63, 3.8) is 0 Å². The summed E-state index contributed by atoms with van der Waals surface area (Å²) in [7, 11) is 0. The smallest absolute Gasteiger partial charge is 0.120 e. The Morgan fingerprint density at radius 3 is 2.33 bits per heavy atom. The van der Waals surface area contributed by atoms with Gasteiger partial charge in [0.2, 0.25) is 0 Å². The first-order chi connectivity index (χ1) is 9.99. The van der Waals surface area contributed by atoms with Gasteiger partial charge in [0.05, 0.1) is 15.7 Å². The molecule has 0 saturated carbocycles. The summed E-state index contributed by atoms with van der Waals surface area (Å²) < 4.78 is 5.72. The third-order valence-corrected chi connectivity index (χ3v) is 4.46. The first-order valence-corrected chi connectivity index (χ1v) is 7.70. The molecule has 0 aliphatic heterocycles. The third-order valence-electron chi connectivity index (χ3n) is 3.05. The van der Waals surface area contributed by atoms with Crippen LogP contribution in [-0.4, -0.2) is 13.2 Å². The number of aryl methyl sites for hydroxylation is 2. The summed E-state index contributed by atoms with van der Waals surface area (Å²) >= 11 is 18.2. The van der Waals surface area contributed by atoms with Crippen LogP contribution in [0.5, 0.6) is 5.75 Å². The summed E-state index contributed by atoms with van der Waals surface area (Å²) in [6.45, 7) is 5.07. The first kappa shape index (κ1) is 16.3. The van der Waals surface area contributed by atoms with Crippen molar-refractivity contribution in [2.45, 2.75) is 13.8 Å². The number of rotatable bonds is 5. The van der Waals surface area contributed by atoms with E-state index in [0.29, 0.717) is 23.2 Å². The number of benzene rings is 2. The van der Waals surface area contributed by atoms with Gasteiger partial charge in [-0.1, -0.05) is 40.9 Å². The van der Waals surface area contributed by atoms with Crippen molar-refractivity contribution in [1.29, 1.82) is 0 Å². The number of hydrogen-bond donors (Lipinski definition) is 1. The van der Waals surface area contributed by atoms with Gasteiger partial charge in [-0.15, -0.1) is 0 Å². The van der Waals surface area contributed by atoms with Crippen molar-refractivity contribution in [3.8, 4) is 5.75 Å². The largest absolute Gasteiger partial charge is 0.492 e. The van der Waals surface area contributed by atoms with Gasteiger partial charge in [0.25, 0.3) is 0 Å². The fourth-order valence-corrected chi connectivity index (χ4v) is 2.46. The van der Waals surface area contributed by atoms with E-state index >= 15 is 0 Å². The van der Waals surface area contributed by atoms with Gasteiger partial charge in [0.1, 0.15) is 12.4 Å². The zero-order valence-corrected chi connectivity index (χ0v) is 14.1. The van der Waals surface area contributed by atoms with E-state index in [2.05, 4.69) is 5.32 Å². The van der Waals surface area contributed by atoms with Gasteiger partial charge >= 0.3 is 0 Å². The Labute approximate surface area is 140 Å². The molecule has 0 heterocycles. The predicted octanol–water partition coefficient (Wildman–Crippen LogP) is 5.75. The highest BCUT2D eigenvalue weighted by Gasteiger charge is 2.05. The number of hydrogen-bond acceptors (Lipinski definition) is 2. The second kappa shape index (κ2) is 7.26. The monoisotopic (exact) mass is 343 g/mol. The molecule has 0 fully saturated rings. The molecule has 0 radical (unpaired) electrons. The minimum atomic E-state index is 0.517. The molecule has 2 nitrogen and oxygen atoms in total. The molecule has 0 amide bonds. The van der Waals surface area contributed by atoms with Crippen LogP contribution in [0, 0.1) is 13.8 Å². The maximum atomic E-state index is 6.13. The Hall–Kier alpha value is -1.09. The molecule has 0 unspecified atom stereocenters. The van der Waals surface area contributed by atoms with Gasteiger partial charge in [-0.25, -0.2) is 0 Å². The molecule has 2 aromatic rings. The Balaban J connectivity index is 1.89. The molecule has 1 N–H and O–H groups in total. The summed E-state index contributed by atoms with van der Waals surface area (Å²) in [5, 5.41) is 5.04. The lowest BCUT2D eigenvalue weighted by atomic mass is 10.1. The van der Waals surface area contributed by atoms with Gasteiger partial charge in [-0.3, -0.25) is 0 Å². The summed E-state index contributed by atoms with van der Waals surface area (Å²) in [5.41, 5.74) is 2.83. The lowest BCUT2D eigenvalue weighted by Gasteiger charge is -2.12. The number of anilines is 1. The second-order valence-electron chi connectivity index (χ2n) is 4.75. The van der Waals surface area contributed by atoms with E-state index in [1.165, 1.54) is 0 Å². The van der Waals surface area contributed by atoms with Crippen LogP contribution in [0.4, 0.5) is 5.69 Å². The molecule has 0 bridgehead atoms. The predicted molar refractivity (Wildman–Crippen MR) is 91.4 cm³/mol. The molecule has 0 aliphatic rings. The van der Waals surface area contributed by atoms with E-state index in [1.807, 2.05) is 38.1 Å². The van der Waals surface area contributed by atoms with Crippen molar-refractivity contribution in [1.82, 2.24) is 0 Å². The van der Waals surface area contributed by atoms with Gasteiger partial charge in [-0.2, -0.15) is 0 Å². The lowest BCUT2D eigenvalue weighted by Crippen LogP contribution is -2.12. The molecule has 0 atom stereocenters. The SMILES string of the molecule is Cc1cc(OCCNc2cccc(Cl)c2Cl)cc(C)c1Cl. The quantitative estimate of drug-likeness (QED) is 0.697. The molecular weight excluding hydrogens is 329 g/mol. The van der Waals surface area contributed by atoms with E-state index in [0.717, 1.165) is 27.6 Å². The van der Waals surface area contributed by atoms with Gasteiger partial charge < -0.3 is 10.1 Å². The van der Waals surface area contributed by atoms with E-state index in [4.69, 9.17) is 39.5 Å². The Bertz CT molecular complexity index is 620. The Morgan fingerprint density at radius 2 is 1.67 bits per heavy atom. The zero-order chi connectivity index (χ0) is 15.4. The van der Waals surface area contributed by atoms with Crippen LogP contribution in [0.25, 0.3) is 0 Å². The Morgan fingerprint density at radius 1 is 1.00 bits per heavy atom. The second-order valence-corrected chi connectivity index (χ2v) is 5.91. The highest BCUT2D eigenvalue weighted by atomic mass is 35.5. The number of nitrogens with one attached hydrogen (secondary N) is 1. The van der Waals surface area contributed by atoms with Crippen molar-refractivity contribution >= 4 is 40.5 Å². The fourth-order valence-electron chi connectivity index (χ4n) is 1.98. The summed E-state index contributed by atoms with van der Waals surface area (Å²) in [6, 6.07) is 9.35. The molecule has 0 aromatic heterocycles. The van der Waals surface area contributed by atoms with Crippen LogP contribution in [0.2, 0.25) is 15.1 Å². The van der Waals surface area contributed by atoms with Crippen LogP contribution >= 0.6 is 34.8 Å².